The minimum Gasteiger partial charge on any atom is -0.329 e. The van der Waals surface area contributed by atoms with Gasteiger partial charge in [-0.25, -0.2) is 0 Å². The second-order valence-corrected chi connectivity index (χ2v) is 7.45. The van der Waals surface area contributed by atoms with Gasteiger partial charge in [-0.05, 0) is 56.3 Å². The highest BCUT2D eigenvalue weighted by Gasteiger charge is 2.46. The van der Waals surface area contributed by atoms with Crippen molar-refractivity contribution < 1.29 is 0 Å². The van der Waals surface area contributed by atoms with E-state index in [2.05, 4.69) is 11.8 Å². The van der Waals surface area contributed by atoms with Crippen molar-refractivity contribution in [1.82, 2.24) is 4.90 Å². The molecular weight excluding hydrogens is 232 g/mol. The standard InChI is InChI=1S/C17H32N2/c1-2-16-5-3-4-10-17(16,13-18)19(11-14-6-7-14)12-15-8-9-15/h14-16H,2-13,18H2,1H3. The fourth-order valence-corrected chi connectivity index (χ4v) is 4.36. The predicted octanol–water partition coefficient (Wildman–Crippen LogP) is 3.41. The average Bonchev–Trinajstić information content (AvgIpc) is 3.33. The van der Waals surface area contributed by atoms with Crippen molar-refractivity contribution in [2.75, 3.05) is 19.6 Å². The van der Waals surface area contributed by atoms with Crippen LogP contribution in [0.15, 0.2) is 0 Å². The lowest BCUT2D eigenvalue weighted by atomic mass is 9.70. The highest BCUT2D eigenvalue weighted by molar-refractivity contribution is 5.02. The Kier molecular flexibility index (Phi) is 4.19. The van der Waals surface area contributed by atoms with Crippen LogP contribution < -0.4 is 5.73 Å². The van der Waals surface area contributed by atoms with Crippen molar-refractivity contribution >= 4 is 0 Å². The second kappa shape index (κ2) is 5.73. The molecule has 0 aliphatic heterocycles. The molecule has 2 heteroatoms. The van der Waals surface area contributed by atoms with Gasteiger partial charge in [0.2, 0.25) is 0 Å². The molecule has 2 N–H and O–H groups in total. The van der Waals surface area contributed by atoms with E-state index in [9.17, 15) is 0 Å². The van der Waals surface area contributed by atoms with Gasteiger partial charge in [0.25, 0.3) is 0 Å². The molecule has 110 valence electrons. The Hall–Kier alpha value is -0.0800. The molecule has 0 aromatic carbocycles. The van der Waals surface area contributed by atoms with E-state index in [1.165, 1.54) is 70.9 Å². The number of hydrogen-bond acceptors (Lipinski definition) is 2. The zero-order valence-electron chi connectivity index (χ0n) is 12.7. The summed E-state index contributed by atoms with van der Waals surface area (Å²) in [7, 11) is 0. The van der Waals surface area contributed by atoms with E-state index in [0.29, 0.717) is 5.54 Å². The van der Waals surface area contributed by atoms with Gasteiger partial charge in [0.1, 0.15) is 0 Å². The topological polar surface area (TPSA) is 29.3 Å². The maximum absolute atomic E-state index is 6.36. The molecule has 0 bridgehead atoms. The molecule has 0 spiro atoms. The molecule has 19 heavy (non-hydrogen) atoms. The van der Waals surface area contributed by atoms with Gasteiger partial charge in [0.05, 0.1) is 0 Å². The molecular formula is C17H32N2. The van der Waals surface area contributed by atoms with E-state index in [4.69, 9.17) is 5.73 Å². The first-order valence-corrected chi connectivity index (χ1v) is 8.73. The summed E-state index contributed by atoms with van der Waals surface area (Å²) in [4.78, 5) is 2.88. The molecule has 3 aliphatic carbocycles. The van der Waals surface area contributed by atoms with Gasteiger partial charge in [-0.1, -0.05) is 26.2 Å². The third-order valence-electron chi connectivity index (χ3n) is 6.00. The second-order valence-electron chi connectivity index (χ2n) is 7.45. The summed E-state index contributed by atoms with van der Waals surface area (Å²) in [5.41, 5.74) is 6.72. The maximum atomic E-state index is 6.36. The van der Waals surface area contributed by atoms with Crippen molar-refractivity contribution in [2.45, 2.75) is 70.3 Å². The first-order valence-electron chi connectivity index (χ1n) is 8.73. The normalized spacial score (nSPS) is 35.8. The Morgan fingerprint density at radius 1 is 1.00 bits per heavy atom. The summed E-state index contributed by atoms with van der Waals surface area (Å²) in [5.74, 6) is 2.85. The Labute approximate surface area is 119 Å². The van der Waals surface area contributed by atoms with Gasteiger partial charge in [-0.3, -0.25) is 4.90 Å². The summed E-state index contributed by atoms with van der Waals surface area (Å²) in [6, 6.07) is 0. The molecule has 0 radical (unpaired) electrons. The first kappa shape index (κ1) is 13.9. The fraction of sp³-hybridized carbons (Fsp3) is 1.00. The van der Waals surface area contributed by atoms with Crippen LogP contribution in [0.4, 0.5) is 0 Å². The van der Waals surface area contributed by atoms with E-state index < -0.39 is 0 Å². The van der Waals surface area contributed by atoms with Gasteiger partial charge in [0.15, 0.2) is 0 Å². The molecule has 0 saturated heterocycles. The molecule has 2 unspecified atom stereocenters. The Bertz CT molecular complexity index is 282. The summed E-state index contributed by atoms with van der Waals surface area (Å²) in [6.07, 6.45) is 12.8. The minimum atomic E-state index is 0.359. The van der Waals surface area contributed by atoms with Crippen molar-refractivity contribution in [3.63, 3.8) is 0 Å². The summed E-state index contributed by atoms with van der Waals surface area (Å²) in [5, 5.41) is 0. The van der Waals surface area contributed by atoms with E-state index in [-0.39, 0.29) is 0 Å². The molecule has 0 aromatic heterocycles. The average molecular weight is 264 g/mol. The van der Waals surface area contributed by atoms with Crippen LogP contribution in [0, 0.1) is 17.8 Å². The Morgan fingerprint density at radius 3 is 2.11 bits per heavy atom. The summed E-state index contributed by atoms with van der Waals surface area (Å²) < 4.78 is 0. The first-order chi connectivity index (χ1) is 9.28. The van der Waals surface area contributed by atoms with Gasteiger partial charge < -0.3 is 5.73 Å². The highest BCUT2D eigenvalue weighted by atomic mass is 15.2. The van der Waals surface area contributed by atoms with Crippen LogP contribution in [-0.2, 0) is 0 Å². The molecule has 2 nitrogen and oxygen atoms in total. The largest absolute Gasteiger partial charge is 0.329 e. The van der Waals surface area contributed by atoms with Gasteiger partial charge in [0, 0.05) is 25.2 Å². The summed E-state index contributed by atoms with van der Waals surface area (Å²) >= 11 is 0. The number of nitrogens with zero attached hydrogens (tertiary/aromatic N) is 1. The van der Waals surface area contributed by atoms with Gasteiger partial charge >= 0.3 is 0 Å². The molecule has 0 aromatic rings. The van der Waals surface area contributed by atoms with Crippen LogP contribution in [0.25, 0.3) is 0 Å². The molecule has 3 fully saturated rings. The lowest BCUT2D eigenvalue weighted by molar-refractivity contribution is -0.00268. The number of nitrogens with two attached hydrogens (primary N) is 1. The highest BCUT2D eigenvalue weighted by Crippen LogP contribution is 2.44. The molecule has 3 rings (SSSR count). The van der Waals surface area contributed by atoms with Gasteiger partial charge in [-0.15, -0.1) is 0 Å². The molecule has 3 aliphatic rings. The molecule has 0 heterocycles. The fourth-order valence-electron chi connectivity index (χ4n) is 4.36. The van der Waals surface area contributed by atoms with E-state index >= 15 is 0 Å². The smallest absolute Gasteiger partial charge is 0.0359 e. The third kappa shape index (κ3) is 3.00. The number of rotatable bonds is 7. The number of hydrogen-bond donors (Lipinski definition) is 1. The van der Waals surface area contributed by atoms with Crippen LogP contribution >= 0.6 is 0 Å². The summed E-state index contributed by atoms with van der Waals surface area (Å²) in [6.45, 7) is 5.98. The minimum absolute atomic E-state index is 0.359. The molecule has 3 saturated carbocycles. The van der Waals surface area contributed by atoms with Crippen molar-refractivity contribution in [2.24, 2.45) is 23.5 Å². The van der Waals surface area contributed by atoms with Crippen LogP contribution in [0.1, 0.15) is 64.7 Å². The third-order valence-corrected chi connectivity index (χ3v) is 6.00. The van der Waals surface area contributed by atoms with Crippen LogP contribution in [0.5, 0.6) is 0 Å². The predicted molar refractivity (Wildman–Crippen MR) is 81.1 cm³/mol. The Morgan fingerprint density at radius 2 is 1.63 bits per heavy atom. The quantitative estimate of drug-likeness (QED) is 0.763. The van der Waals surface area contributed by atoms with E-state index in [1.54, 1.807) is 0 Å². The maximum Gasteiger partial charge on any atom is 0.0359 e. The van der Waals surface area contributed by atoms with Crippen molar-refractivity contribution in [3.05, 3.63) is 0 Å². The zero-order chi connectivity index (χ0) is 13.3. The van der Waals surface area contributed by atoms with Crippen LogP contribution in [-0.4, -0.2) is 30.1 Å². The van der Waals surface area contributed by atoms with Crippen molar-refractivity contribution in [3.8, 4) is 0 Å². The lowest BCUT2D eigenvalue weighted by Crippen LogP contribution is -2.60. The lowest BCUT2D eigenvalue weighted by Gasteiger charge is -2.51. The van der Waals surface area contributed by atoms with Crippen molar-refractivity contribution in [1.29, 1.82) is 0 Å². The van der Waals surface area contributed by atoms with Crippen LogP contribution in [0.3, 0.4) is 0 Å². The van der Waals surface area contributed by atoms with E-state index in [0.717, 1.165) is 24.3 Å². The molecule has 0 amide bonds. The van der Waals surface area contributed by atoms with Gasteiger partial charge in [-0.2, -0.15) is 0 Å². The van der Waals surface area contributed by atoms with E-state index in [1.807, 2.05) is 0 Å². The Balaban J connectivity index is 1.76. The SMILES string of the molecule is CCC1CCCCC1(CN)N(CC1CC1)CC1CC1. The monoisotopic (exact) mass is 264 g/mol. The zero-order valence-corrected chi connectivity index (χ0v) is 12.7. The molecule has 2 atom stereocenters. The van der Waals surface area contributed by atoms with Crippen LogP contribution in [0.2, 0.25) is 0 Å².